The van der Waals surface area contributed by atoms with Crippen LogP contribution in [0, 0.1) is 0 Å². The molecule has 1 aliphatic rings. The zero-order valence-electron chi connectivity index (χ0n) is 26.0. The topological polar surface area (TPSA) is 30.7 Å². The predicted molar refractivity (Wildman–Crippen MR) is 198 cm³/mol. The predicted octanol–water partition coefficient (Wildman–Crippen LogP) is 11.6. The van der Waals surface area contributed by atoms with Gasteiger partial charge in [0, 0.05) is 53.1 Å². The second-order valence-electron chi connectivity index (χ2n) is 13.0. The Hall–Kier alpha value is -5.58. The Balaban J connectivity index is 1.30. The molecule has 0 atom stereocenters. The Morgan fingerprint density at radius 2 is 1.26 bits per heavy atom. The second-order valence-corrected chi connectivity index (χ2v) is 14.0. The summed E-state index contributed by atoms with van der Waals surface area (Å²) in [4.78, 5) is 10.9. The van der Waals surface area contributed by atoms with Crippen LogP contribution in [0.5, 0.6) is 0 Å². The minimum atomic E-state index is -0.263. The maximum atomic E-state index is 5.47. The zero-order valence-corrected chi connectivity index (χ0v) is 26.8. The number of para-hydroxylation sites is 2. The fourth-order valence-corrected chi connectivity index (χ4v) is 8.97. The van der Waals surface area contributed by atoms with E-state index in [1.165, 1.54) is 53.1 Å². The number of hydrogen-bond donors (Lipinski definition) is 0. The highest BCUT2D eigenvalue weighted by molar-refractivity contribution is 7.26. The lowest BCUT2D eigenvalue weighted by molar-refractivity contribution is 0.636. The summed E-state index contributed by atoms with van der Waals surface area (Å²) in [5, 5.41) is 5.19. The van der Waals surface area contributed by atoms with Crippen molar-refractivity contribution >= 4 is 53.3 Å². The summed E-state index contributed by atoms with van der Waals surface area (Å²) in [6.45, 7) is 4.58. The molecule has 0 bridgehead atoms. The Bertz CT molecular complexity index is 2710. The van der Waals surface area contributed by atoms with Crippen molar-refractivity contribution in [3.05, 3.63) is 151 Å². The lowest BCUT2D eigenvalue weighted by atomic mass is 9.85. The minimum Gasteiger partial charge on any atom is -0.308 e. The molecular weight excluding hydrogens is 591 g/mol. The summed E-state index contributed by atoms with van der Waals surface area (Å²) in [5.41, 5.74) is 11.0. The number of fused-ring (bicyclic) bond motifs is 10. The van der Waals surface area contributed by atoms with Gasteiger partial charge in [-0.3, -0.25) is 0 Å². The first-order chi connectivity index (χ1) is 23.1. The van der Waals surface area contributed by atoms with Crippen molar-refractivity contribution in [1.82, 2.24) is 14.5 Å². The number of nitrogens with zero attached hydrogens (tertiary/aromatic N) is 3. The van der Waals surface area contributed by atoms with Gasteiger partial charge in [-0.05, 0) is 47.5 Å². The van der Waals surface area contributed by atoms with E-state index in [0.717, 1.165) is 39.6 Å². The van der Waals surface area contributed by atoms with E-state index in [9.17, 15) is 0 Å². The largest absolute Gasteiger partial charge is 0.308 e. The first-order valence-corrected chi connectivity index (χ1v) is 16.9. The highest BCUT2D eigenvalue weighted by Gasteiger charge is 2.39. The van der Waals surface area contributed by atoms with Crippen LogP contribution in [-0.2, 0) is 5.41 Å². The van der Waals surface area contributed by atoms with Gasteiger partial charge in [-0.1, -0.05) is 117 Å². The second kappa shape index (κ2) is 9.71. The van der Waals surface area contributed by atoms with Crippen LogP contribution in [0.15, 0.2) is 140 Å². The average molecular weight is 620 g/mol. The molecule has 0 fully saturated rings. The van der Waals surface area contributed by atoms with Gasteiger partial charge in [0.15, 0.2) is 5.82 Å². The molecule has 0 N–H and O–H groups in total. The first-order valence-electron chi connectivity index (χ1n) is 16.1. The fraction of sp³-hybridized carbons (Fsp3) is 0.0698. The molecule has 0 saturated heterocycles. The van der Waals surface area contributed by atoms with E-state index in [4.69, 9.17) is 9.97 Å². The van der Waals surface area contributed by atoms with Crippen LogP contribution in [0.2, 0.25) is 0 Å². The van der Waals surface area contributed by atoms with Crippen LogP contribution < -0.4 is 0 Å². The van der Waals surface area contributed by atoms with Gasteiger partial charge in [0.2, 0.25) is 0 Å². The van der Waals surface area contributed by atoms with Gasteiger partial charge in [0.05, 0.1) is 28.1 Å². The molecule has 0 radical (unpaired) electrons. The lowest BCUT2D eigenvalue weighted by Crippen LogP contribution is -2.17. The fourth-order valence-electron chi connectivity index (χ4n) is 7.86. The van der Waals surface area contributed by atoms with Gasteiger partial charge in [-0.25, -0.2) is 9.97 Å². The molecule has 0 saturated carbocycles. The van der Waals surface area contributed by atoms with E-state index >= 15 is 0 Å². The van der Waals surface area contributed by atoms with Crippen molar-refractivity contribution in [3.8, 4) is 39.5 Å². The third kappa shape index (κ3) is 3.67. The minimum absolute atomic E-state index is 0.263. The highest BCUT2D eigenvalue weighted by atomic mass is 32.1. The number of hydrogen-bond acceptors (Lipinski definition) is 3. The number of rotatable bonds is 3. The van der Waals surface area contributed by atoms with E-state index in [0.29, 0.717) is 0 Å². The highest BCUT2D eigenvalue weighted by Crippen LogP contribution is 2.51. The maximum absolute atomic E-state index is 5.47. The van der Waals surface area contributed by atoms with Crippen molar-refractivity contribution < 1.29 is 0 Å². The quantitative estimate of drug-likeness (QED) is 0.197. The molecular formula is C43H29N3S. The summed E-state index contributed by atoms with van der Waals surface area (Å²) >= 11 is 1.87. The molecule has 6 aromatic carbocycles. The summed E-state index contributed by atoms with van der Waals surface area (Å²) < 4.78 is 5.05. The monoisotopic (exact) mass is 619 g/mol. The van der Waals surface area contributed by atoms with Crippen molar-refractivity contribution in [2.75, 3.05) is 0 Å². The van der Waals surface area contributed by atoms with E-state index in [-0.39, 0.29) is 5.41 Å². The van der Waals surface area contributed by atoms with Gasteiger partial charge >= 0.3 is 0 Å². The average Bonchev–Trinajstić information content (AvgIpc) is 3.74. The van der Waals surface area contributed by atoms with Crippen LogP contribution in [0.1, 0.15) is 25.1 Å². The molecule has 3 heterocycles. The molecule has 3 aromatic heterocycles. The van der Waals surface area contributed by atoms with Crippen molar-refractivity contribution in [1.29, 1.82) is 0 Å². The van der Waals surface area contributed by atoms with E-state index in [1.807, 2.05) is 11.3 Å². The first kappa shape index (κ1) is 26.6. The Kier molecular flexibility index (Phi) is 5.50. The Labute approximate surface area is 276 Å². The summed E-state index contributed by atoms with van der Waals surface area (Å²) in [7, 11) is 0. The molecule has 4 heteroatoms. The summed E-state index contributed by atoms with van der Waals surface area (Å²) in [6, 6.07) is 50.1. The van der Waals surface area contributed by atoms with Gasteiger partial charge < -0.3 is 4.57 Å². The molecule has 47 heavy (non-hydrogen) atoms. The lowest BCUT2D eigenvalue weighted by Gasteiger charge is -2.21. The van der Waals surface area contributed by atoms with Crippen LogP contribution in [0.3, 0.4) is 0 Å². The zero-order chi connectivity index (χ0) is 31.3. The molecule has 0 aliphatic heterocycles. The normalized spacial score (nSPS) is 13.5. The van der Waals surface area contributed by atoms with E-state index in [2.05, 4.69) is 158 Å². The third-order valence-electron chi connectivity index (χ3n) is 9.98. The van der Waals surface area contributed by atoms with Gasteiger partial charge in [-0.15, -0.1) is 11.3 Å². The van der Waals surface area contributed by atoms with E-state index < -0.39 is 0 Å². The third-order valence-corrected chi connectivity index (χ3v) is 11.1. The maximum Gasteiger partial charge on any atom is 0.162 e. The molecule has 0 spiro atoms. The van der Waals surface area contributed by atoms with Crippen LogP contribution in [0.4, 0.5) is 0 Å². The van der Waals surface area contributed by atoms with E-state index in [1.54, 1.807) is 0 Å². The smallest absolute Gasteiger partial charge is 0.162 e. The van der Waals surface area contributed by atoms with Crippen molar-refractivity contribution in [2.24, 2.45) is 0 Å². The molecule has 222 valence electrons. The van der Waals surface area contributed by atoms with Crippen molar-refractivity contribution in [3.63, 3.8) is 0 Å². The number of thiophene rings is 1. The van der Waals surface area contributed by atoms with Crippen LogP contribution in [-0.4, -0.2) is 14.5 Å². The Morgan fingerprint density at radius 3 is 2.13 bits per heavy atom. The molecule has 9 aromatic rings. The standard InChI is InChI=1S/C43H29N3S/c1-43(2)31-20-10-6-16-27(31)39-40(26-14-4-3-5-15-26)44-42(45-41(39)43)29-18-8-12-22-33(29)46-32-21-11-7-17-28(32)37-34(46)24-25-36-38(37)30-19-9-13-23-35(30)47-36/h3-25H,1-2H3. The molecule has 10 rings (SSSR count). The SMILES string of the molecule is CC1(C)c2ccccc2-c2c(-c3ccccc3)nc(-c3ccccc3-n3c4ccccc4c4c5c(ccc43)sc3ccccc35)nc21. The van der Waals surface area contributed by atoms with Crippen molar-refractivity contribution in [2.45, 2.75) is 19.3 Å². The Morgan fingerprint density at radius 1 is 0.553 bits per heavy atom. The summed E-state index contributed by atoms with van der Waals surface area (Å²) in [6.07, 6.45) is 0. The molecule has 3 nitrogen and oxygen atoms in total. The van der Waals surface area contributed by atoms with Crippen LogP contribution >= 0.6 is 11.3 Å². The molecule has 0 amide bonds. The summed E-state index contributed by atoms with van der Waals surface area (Å²) in [5.74, 6) is 0.743. The van der Waals surface area contributed by atoms with Gasteiger partial charge in [-0.2, -0.15) is 0 Å². The van der Waals surface area contributed by atoms with Gasteiger partial charge in [0.25, 0.3) is 0 Å². The van der Waals surface area contributed by atoms with Gasteiger partial charge in [0.1, 0.15) is 0 Å². The van der Waals surface area contributed by atoms with Crippen LogP contribution in [0.25, 0.3) is 81.4 Å². The molecule has 1 aliphatic carbocycles. The number of benzene rings is 6. The number of aromatic nitrogens is 3. The molecule has 0 unspecified atom stereocenters.